The maximum absolute atomic E-state index is 13.7. The summed E-state index contributed by atoms with van der Waals surface area (Å²) in [6.45, 7) is 2.27. The van der Waals surface area contributed by atoms with Crippen LogP contribution >= 0.6 is 23.4 Å². The minimum Gasteiger partial charge on any atom is -0.324 e. The molecule has 33 heavy (non-hydrogen) atoms. The minimum absolute atomic E-state index is 0.0659. The number of nitro groups is 1. The number of nitrogens with one attached hydrogen (secondary N) is 2. The van der Waals surface area contributed by atoms with Crippen LogP contribution in [0.2, 0.25) is 5.02 Å². The fraction of sp³-hybridized carbons (Fsp3) is 0.200. The summed E-state index contributed by atoms with van der Waals surface area (Å²) in [4.78, 5) is 34.9. The average Bonchev–Trinajstić information content (AvgIpc) is 3.16. The maximum Gasteiger partial charge on any atom is 0.271 e. The lowest BCUT2D eigenvalue weighted by Gasteiger charge is -2.09. The van der Waals surface area contributed by atoms with Crippen molar-refractivity contribution in [3.63, 3.8) is 0 Å². The van der Waals surface area contributed by atoms with Crippen molar-refractivity contribution < 1.29 is 18.9 Å². The highest BCUT2D eigenvalue weighted by atomic mass is 35.5. The molecule has 0 saturated heterocycles. The van der Waals surface area contributed by atoms with Crippen LogP contribution in [0.1, 0.15) is 12.7 Å². The molecular formula is C20H18ClFN6O4S. The largest absolute Gasteiger partial charge is 0.324 e. The Morgan fingerprint density at radius 2 is 1.88 bits per heavy atom. The molecule has 0 radical (unpaired) electrons. The lowest BCUT2D eigenvalue weighted by molar-refractivity contribution is -0.384. The number of nitro benzene ring substituents is 1. The number of rotatable bonds is 9. The Morgan fingerprint density at radius 1 is 1.15 bits per heavy atom. The van der Waals surface area contributed by atoms with E-state index in [0.29, 0.717) is 17.5 Å². The lowest BCUT2D eigenvalue weighted by atomic mass is 10.3. The highest BCUT2D eigenvalue weighted by Gasteiger charge is 2.18. The van der Waals surface area contributed by atoms with Gasteiger partial charge < -0.3 is 15.2 Å². The summed E-state index contributed by atoms with van der Waals surface area (Å²) < 4.78 is 15.4. The summed E-state index contributed by atoms with van der Waals surface area (Å²) >= 11 is 7.08. The van der Waals surface area contributed by atoms with Crippen molar-refractivity contribution in [3.05, 3.63) is 69.2 Å². The number of aromatic nitrogens is 3. The van der Waals surface area contributed by atoms with Gasteiger partial charge in [-0.25, -0.2) is 4.39 Å². The Kier molecular flexibility index (Phi) is 7.96. The molecule has 1 heterocycles. The molecule has 3 aromatic rings. The third-order valence-corrected chi connectivity index (χ3v) is 5.64. The van der Waals surface area contributed by atoms with Gasteiger partial charge in [0.05, 0.1) is 33.5 Å². The topological polar surface area (TPSA) is 132 Å². The monoisotopic (exact) mass is 492 g/mol. The van der Waals surface area contributed by atoms with E-state index in [4.69, 9.17) is 11.6 Å². The summed E-state index contributed by atoms with van der Waals surface area (Å²) in [7, 11) is 0. The number of para-hydroxylation sites is 1. The molecule has 3 rings (SSSR count). The molecule has 2 N–H and O–H groups in total. The van der Waals surface area contributed by atoms with Crippen LogP contribution in [0.4, 0.5) is 21.5 Å². The number of non-ortho nitro benzene ring substituents is 1. The number of hydrogen-bond donors (Lipinski definition) is 2. The van der Waals surface area contributed by atoms with Crippen molar-refractivity contribution in [2.75, 3.05) is 16.4 Å². The first-order chi connectivity index (χ1) is 15.8. The van der Waals surface area contributed by atoms with Crippen LogP contribution in [-0.2, 0) is 22.6 Å². The number of amides is 2. The van der Waals surface area contributed by atoms with Gasteiger partial charge >= 0.3 is 0 Å². The zero-order valence-electron chi connectivity index (χ0n) is 17.2. The number of nitrogens with zero attached hydrogens (tertiary/aromatic N) is 4. The van der Waals surface area contributed by atoms with E-state index in [-0.39, 0.29) is 34.3 Å². The molecule has 172 valence electrons. The fourth-order valence-corrected chi connectivity index (χ4v) is 3.80. The second-order valence-corrected chi connectivity index (χ2v) is 7.96. The first-order valence-electron chi connectivity index (χ1n) is 9.61. The van der Waals surface area contributed by atoms with Crippen molar-refractivity contribution in [1.29, 1.82) is 0 Å². The number of hydrogen-bond acceptors (Lipinski definition) is 7. The van der Waals surface area contributed by atoms with E-state index < -0.39 is 22.6 Å². The van der Waals surface area contributed by atoms with Crippen LogP contribution < -0.4 is 10.6 Å². The van der Waals surface area contributed by atoms with Gasteiger partial charge in [-0.1, -0.05) is 35.5 Å². The Balaban J connectivity index is 1.61. The molecule has 2 amide bonds. The highest BCUT2D eigenvalue weighted by Crippen LogP contribution is 2.27. The number of benzene rings is 2. The summed E-state index contributed by atoms with van der Waals surface area (Å²) in [5.74, 6) is -1.17. The van der Waals surface area contributed by atoms with Gasteiger partial charge in [-0.15, -0.1) is 10.2 Å². The molecule has 0 saturated carbocycles. The van der Waals surface area contributed by atoms with Crippen molar-refractivity contribution in [3.8, 4) is 0 Å². The number of carbonyl (C=O) groups excluding carboxylic acids is 2. The second-order valence-electron chi connectivity index (χ2n) is 6.61. The Morgan fingerprint density at radius 3 is 2.58 bits per heavy atom. The van der Waals surface area contributed by atoms with Gasteiger partial charge in [0, 0.05) is 18.7 Å². The first kappa shape index (κ1) is 24.1. The van der Waals surface area contributed by atoms with E-state index in [1.165, 1.54) is 36.4 Å². The summed E-state index contributed by atoms with van der Waals surface area (Å²) in [6.07, 6.45) is -0.134. The van der Waals surface area contributed by atoms with Crippen molar-refractivity contribution >= 4 is 52.2 Å². The van der Waals surface area contributed by atoms with E-state index in [1.54, 1.807) is 10.6 Å². The smallest absolute Gasteiger partial charge is 0.271 e. The van der Waals surface area contributed by atoms with E-state index in [9.17, 15) is 24.1 Å². The van der Waals surface area contributed by atoms with Crippen LogP contribution in [0.25, 0.3) is 0 Å². The van der Waals surface area contributed by atoms with Gasteiger partial charge in [-0.2, -0.15) is 0 Å². The van der Waals surface area contributed by atoms with E-state index in [0.717, 1.165) is 11.8 Å². The van der Waals surface area contributed by atoms with Crippen LogP contribution in [0.15, 0.2) is 47.6 Å². The second kappa shape index (κ2) is 10.9. The van der Waals surface area contributed by atoms with Crippen LogP contribution in [-0.4, -0.2) is 37.3 Å². The molecule has 13 heteroatoms. The molecule has 0 atom stereocenters. The SMILES string of the molecule is CCn1c(CC(=O)Nc2ccccc2F)nnc1SCC(=O)Nc1cc([N+](=O)[O-])ccc1Cl. The van der Waals surface area contributed by atoms with E-state index >= 15 is 0 Å². The molecule has 10 nitrogen and oxygen atoms in total. The lowest BCUT2D eigenvalue weighted by Crippen LogP contribution is -2.18. The fourth-order valence-electron chi connectivity index (χ4n) is 2.81. The van der Waals surface area contributed by atoms with Crippen molar-refractivity contribution in [2.45, 2.75) is 25.0 Å². The quantitative estimate of drug-likeness (QED) is 0.263. The number of anilines is 2. The van der Waals surface area contributed by atoms with Crippen molar-refractivity contribution in [2.24, 2.45) is 0 Å². The summed E-state index contributed by atoms with van der Waals surface area (Å²) in [5.41, 5.74) is -0.0125. The van der Waals surface area contributed by atoms with Crippen LogP contribution in [0.3, 0.4) is 0 Å². The molecule has 1 aromatic heterocycles. The van der Waals surface area contributed by atoms with E-state index in [1.807, 2.05) is 6.92 Å². The molecule has 0 spiro atoms. The maximum atomic E-state index is 13.7. The number of halogens is 2. The standard InChI is InChI=1S/C20H18ClFN6O4S/c1-2-27-17(10-18(29)23-15-6-4-3-5-14(15)22)25-26-20(27)33-11-19(30)24-16-9-12(28(31)32)7-8-13(16)21/h3-9H,2,10-11H2,1H3,(H,23,29)(H,24,30). The van der Waals surface area contributed by atoms with Gasteiger partial charge in [-0.05, 0) is 25.1 Å². The Hall–Kier alpha value is -3.51. The minimum atomic E-state index is -0.589. The number of carbonyl (C=O) groups is 2. The predicted octanol–water partition coefficient (Wildman–Crippen LogP) is 3.91. The van der Waals surface area contributed by atoms with Gasteiger partial charge in [0.1, 0.15) is 11.6 Å². The highest BCUT2D eigenvalue weighted by molar-refractivity contribution is 7.99. The molecule has 0 aliphatic rings. The van der Waals surface area contributed by atoms with Gasteiger partial charge in [0.2, 0.25) is 11.8 Å². The third-order valence-electron chi connectivity index (χ3n) is 4.34. The molecule has 0 bridgehead atoms. The Bertz CT molecular complexity index is 1210. The van der Waals surface area contributed by atoms with E-state index in [2.05, 4.69) is 20.8 Å². The Labute approximate surface area is 196 Å². The van der Waals surface area contributed by atoms with Gasteiger partial charge in [-0.3, -0.25) is 19.7 Å². The summed E-state index contributed by atoms with van der Waals surface area (Å²) in [5, 5.41) is 24.5. The number of thioether (sulfide) groups is 1. The van der Waals surface area contributed by atoms with Gasteiger partial charge in [0.25, 0.3) is 5.69 Å². The predicted molar refractivity (Wildman–Crippen MR) is 122 cm³/mol. The molecule has 0 fully saturated rings. The van der Waals surface area contributed by atoms with Gasteiger partial charge in [0.15, 0.2) is 5.16 Å². The molecule has 0 aliphatic carbocycles. The zero-order chi connectivity index (χ0) is 24.0. The van der Waals surface area contributed by atoms with Crippen molar-refractivity contribution in [1.82, 2.24) is 14.8 Å². The third kappa shape index (κ3) is 6.26. The molecular weight excluding hydrogens is 475 g/mol. The molecule has 0 aliphatic heterocycles. The molecule has 2 aromatic carbocycles. The van der Waals surface area contributed by atoms with Crippen LogP contribution in [0, 0.1) is 15.9 Å². The zero-order valence-corrected chi connectivity index (χ0v) is 18.8. The molecule has 0 unspecified atom stereocenters. The first-order valence-corrected chi connectivity index (χ1v) is 11.0. The summed E-state index contributed by atoms with van der Waals surface area (Å²) in [6, 6.07) is 9.55. The normalized spacial score (nSPS) is 10.6. The average molecular weight is 493 g/mol. The van der Waals surface area contributed by atoms with Crippen LogP contribution in [0.5, 0.6) is 0 Å².